The Labute approximate surface area is 134 Å². The van der Waals surface area contributed by atoms with Crippen molar-refractivity contribution in [1.82, 2.24) is 0 Å². The van der Waals surface area contributed by atoms with Crippen molar-refractivity contribution in [3.63, 3.8) is 0 Å². The molecular weight excluding hydrogens is 252 g/mol. The molecule has 0 saturated heterocycles. The molecule has 0 radical (unpaired) electrons. The van der Waals surface area contributed by atoms with Gasteiger partial charge >= 0.3 is 0 Å². The molecular formula is C21H40. The Morgan fingerprint density at radius 1 is 0.667 bits per heavy atom. The van der Waals surface area contributed by atoms with Crippen LogP contribution in [0, 0.1) is 5.92 Å². The lowest BCUT2D eigenvalue weighted by molar-refractivity contribution is 0.502. The zero-order valence-electron chi connectivity index (χ0n) is 14.8. The number of hydrogen-bond donors (Lipinski definition) is 0. The summed E-state index contributed by atoms with van der Waals surface area (Å²) in [7, 11) is 0. The molecule has 0 heteroatoms. The number of rotatable bonds is 15. The number of hydrogen-bond acceptors (Lipinski definition) is 0. The third-order valence-electron chi connectivity index (χ3n) is 5.04. The predicted octanol–water partition coefficient (Wildman–Crippen LogP) is 7.82. The lowest BCUT2D eigenvalue weighted by Crippen LogP contribution is -1.91. The minimum absolute atomic E-state index is 0.933. The summed E-state index contributed by atoms with van der Waals surface area (Å²) >= 11 is 0. The van der Waals surface area contributed by atoms with E-state index in [2.05, 4.69) is 19.1 Å². The first kappa shape index (κ1) is 18.8. The Hall–Kier alpha value is -0.260. The maximum Gasteiger partial charge on any atom is -0.0231 e. The van der Waals surface area contributed by atoms with E-state index in [0.717, 1.165) is 5.92 Å². The summed E-state index contributed by atoms with van der Waals surface area (Å²) in [6.45, 7) is 2.30. The lowest BCUT2D eigenvalue weighted by atomic mass is 9.99. The molecule has 0 saturated carbocycles. The standard InChI is InChI=1S/C21H40/c1-2-3-4-5-6-7-8-9-10-11-12-13-14-15-18-21-19-16-17-20-21/h16,19,21H,2-15,17-18,20H2,1H3. The van der Waals surface area contributed by atoms with Crippen LogP contribution in [0.4, 0.5) is 0 Å². The van der Waals surface area contributed by atoms with E-state index in [1.807, 2.05) is 0 Å². The normalized spacial score (nSPS) is 17.7. The Morgan fingerprint density at radius 2 is 1.14 bits per heavy atom. The van der Waals surface area contributed by atoms with Crippen molar-refractivity contribution in [2.24, 2.45) is 5.92 Å². The molecule has 0 aromatic heterocycles. The molecule has 124 valence electrons. The molecule has 0 fully saturated rings. The van der Waals surface area contributed by atoms with E-state index in [-0.39, 0.29) is 0 Å². The molecule has 1 rings (SSSR count). The Balaban J connectivity index is 1.66. The first-order valence-electron chi connectivity index (χ1n) is 10.1. The quantitative estimate of drug-likeness (QED) is 0.213. The number of unbranched alkanes of at least 4 members (excludes halogenated alkanes) is 13. The van der Waals surface area contributed by atoms with Gasteiger partial charge in [-0.25, -0.2) is 0 Å². The largest absolute Gasteiger partial charge is 0.0882 e. The van der Waals surface area contributed by atoms with Crippen LogP contribution in [0.3, 0.4) is 0 Å². The van der Waals surface area contributed by atoms with Gasteiger partial charge in [-0.3, -0.25) is 0 Å². The highest BCUT2D eigenvalue weighted by atomic mass is 14.1. The van der Waals surface area contributed by atoms with Crippen LogP contribution in [0.5, 0.6) is 0 Å². The van der Waals surface area contributed by atoms with Gasteiger partial charge < -0.3 is 0 Å². The Morgan fingerprint density at radius 3 is 1.57 bits per heavy atom. The van der Waals surface area contributed by atoms with Gasteiger partial charge in [0, 0.05) is 0 Å². The van der Waals surface area contributed by atoms with Crippen molar-refractivity contribution in [2.75, 3.05) is 0 Å². The van der Waals surface area contributed by atoms with E-state index in [0.29, 0.717) is 0 Å². The average Bonchev–Trinajstić information content (AvgIpc) is 3.01. The predicted molar refractivity (Wildman–Crippen MR) is 96.8 cm³/mol. The smallest absolute Gasteiger partial charge is 0.0231 e. The van der Waals surface area contributed by atoms with Crippen LogP contribution in [0.1, 0.15) is 116 Å². The maximum absolute atomic E-state index is 2.45. The zero-order chi connectivity index (χ0) is 15.0. The fourth-order valence-corrected chi connectivity index (χ4v) is 3.54. The molecule has 1 aliphatic rings. The third-order valence-corrected chi connectivity index (χ3v) is 5.04. The molecule has 0 spiro atoms. The zero-order valence-corrected chi connectivity index (χ0v) is 14.8. The maximum atomic E-state index is 2.45. The van der Waals surface area contributed by atoms with Crippen LogP contribution in [-0.4, -0.2) is 0 Å². The Bertz CT molecular complexity index is 228. The lowest BCUT2D eigenvalue weighted by Gasteiger charge is -2.06. The van der Waals surface area contributed by atoms with Crippen LogP contribution >= 0.6 is 0 Å². The second kappa shape index (κ2) is 14.7. The SMILES string of the molecule is CCCCCCCCCCCCCCCCC1C=CCC1. The van der Waals surface area contributed by atoms with E-state index in [9.17, 15) is 0 Å². The molecule has 0 aromatic rings. The molecule has 1 aliphatic carbocycles. The van der Waals surface area contributed by atoms with Crippen molar-refractivity contribution in [3.05, 3.63) is 12.2 Å². The van der Waals surface area contributed by atoms with Crippen LogP contribution in [-0.2, 0) is 0 Å². The summed E-state index contributed by atoms with van der Waals surface area (Å²) < 4.78 is 0. The summed E-state index contributed by atoms with van der Waals surface area (Å²) in [6.07, 6.45) is 29.6. The van der Waals surface area contributed by atoms with Crippen LogP contribution in [0.15, 0.2) is 12.2 Å². The van der Waals surface area contributed by atoms with Gasteiger partial charge in [-0.2, -0.15) is 0 Å². The molecule has 0 N–H and O–H groups in total. The molecule has 0 heterocycles. The highest BCUT2D eigenvalue weighted by Crippen LogP contribution is 2.23. The molecule has 1 atom stereocenters. The van der Waals surface area contributed by atoms with E-state index < -0.39 is 0 Å². The molecule has 21 heavy (non-hydrogen) atoms. The topological polar surface area (TPSA) is 0 Å². The summed E-state index contributed by atoms with van der Waals surface area (Å²) in [5.41, 5.74) is 0. The van der Waals surface area contributed by atoms with Crippen LogP contribution in [0.25, 0.3) is 0 Å². The van der Waals surface area contributed by atoms with E-state index >= 15 is 0 Å². The summed E-state index contributed by atoms with van der Waals surface area (Å²) in [5.74, 6) is 0.933. The van der Waals surface area contributed by atoms with E-state index in [1.54, 1.807) is 0 Å². The van der Waals surface area contributed by atoms with Gasteiger partial charge in [0.1, 0.15) is 0 Å². The highest BCUT2D eigenvalue weighted by molar-refractivity contribution is 4.95. The molecule has 0 nitrogen and oxygen atoms in total. The van der Waals surface area contributed by atoms with E-state index in [4.69, 9.17) is 0 Å². The molecule has 0 bridgehead atoms. The monoisotopic (exact) mass is 292 g/mol. The van der Waals surface area contributed by atoms with Crippen molar-refractivity contribution in [3.8, 4) is 0 Å². The van der Waals surface area contributed by atoms with Gasteiger partial charge in [-0.1, -0.05) is 109 Å². The van der Waals surface area contributed by atoms with Crippen molar-refractivity contribution >= 4 is 0 Å². The molecule has 0 aromatic carbocycles. The molecule has 0 aliphatic heterocycles. The molecule has 0 amide bonds. The second-order valence-electron chi connectivity index (χ2n) is 7.15. The highest BCUT2D eigenvalue weighted by Gasteiger charge is 2.07. The summed E-state index contributed by atoms with van der Waals surface area (Å²) in [5, 5.41) is 0. The van der Waals surface area contributed by atoms with Gasteiger partial charge in [-0.05, 0) is 25.2 Å². The summed E-state index contributed by atoms with van der Waals surface area (Å²) in [6, 6.07) is 0. The Kier molecular flexibility index (Phi) is 13.1. The van der Waals surface area contributed by atoms with Crippen molar-refractivity contribution < 1.29 is 0 Å². The second-order valence-corrected chi connectivity index (χ2v) is 7.15. The first-order chi connectivity index (χ1) is 10.4. The minimum Gasteiger partial charge on any atom is -0.0882 e. The van der Waals surface area contributed by atoms with Gasteiger partial charge in [0.2, 0.25) is 0 Å². The van der Waals surface area contributed by atoms with Crippen molar-refractivity contribution in [1.29, 1.82) is 0 Å². The van der Waals surface area contributed by atoms with Gasteiger partial charge in [0.05, 0.1) is 0 Å². The van der Waals surface area contributed by atoms with Crippen LogP contribution in [0.2, 0.25) is 0 Å². The fourth-order valence-electron chi connectivity index (χ4n) is 3.54. The molecule has 1 unspecified atom stereocenters. The van der Waals surface area contributed by atoms with Gasteiger partial charge in [-0.15, -0.1) is 0 Å². The fraction of sp³-hybridized carbons (Fsp3) is 0.905. The minimum atomic E-state index is 0.933. The third kappa shape index (κ3) is 12.0. The summed E-state index contributed by atoms with van der Waals surface area (Å²) in [4.78, 5) is 0. The number of allylic oxidation sites excluding steroid dienone is 2. The van der Waals surface area contributed by atoms with Crippen molar-refractivity contribution in [2.45, 2.75) is 116 Å². The van der Waals surface area contributed by atoms with Gasteiger partial charge in [0.15, 0.2) is 0 Å². The first-order valence-corrected chi connectivity index (χ1v) is 10.1. The van der Waals surface area contributed by atoms with Crippen LogP contribution < -0.4 is 0 Å². The van der Waals surface area contributed by atoms with Gasteiger partial charge in [0.25, 0.3) is 0 Å². The van der Waals surface area contributed by atoms with E-state index in [1.165, 1.54) is 109 Å². The average molecular weight is 293 g/mol.